The minimum Gasteiger partial charge on any atom is -0.507 e. The van der Waals surface area contributed by atoms with Crippen LogP contribution in [0.2, 0.25) is 0 Å². The van der Waals surface area contributed by atoms with Crippen LogP contribution in [0.5, 0.6) is 5.75 Å². The second kappa shape index (κ2) is 25.4. The third kappa shape index (κ3) is 19.2. The van der Waals surface area contributed by atoms with Gasteiger partial charge in [0.1, 0.15) is 24.0 Å². The van der Waals surface area contributed by atoms with Gasteiger partial charge in [-0.3, -0.25) is 10.1 Å². The third-order valence-corrected chi connectivity index (χ3v) is 6.19. The van der Waals surface area contributed by atoms with Gasteiger partial charge in [-0.05, 0) is 76.0 Å². The van der Waals surface area contributed by atoms with Crippen molar-refractivity contribution in [2.75, 3.05) is 25.1 Å². The number of unbranched alkanes of at least 4 members (excludes halogenated alkanes) is 2. The number of carboxylic acids is 1. The minimum atomic E-state index is -1.32. The summed E-state index contributed by atoms with van der Waals surface area (Å²) in [5, 5.41) is 23.7. The average Bonchev–Trinajstić information content (AvgIpc) is 3.00. The van der Waals surface area contributed by atoms with E-state index in [1.165, 1.54) is 6.07 Å². The SMILES string of the molecule is CC/C=C\C/C=C\C/C=C\C/C=C\C/C=C\CCCCO[C@@H](CCC)C(=O)NCCOC(=O)Nc1ccc(O)c(C(=O)O)c1. The van der Waals surface area contributed by atoms with Crippen LogP contribution in [0.4, 0.5) is 10.5 Å². The predicted octanol–water partition coefficient (Wildman–Crippen LogP) is 7.86. The Hall–Kier alpha value is -4.11. The number of rotatable bonds is 23. The van der Waals surface area contributed by atoms with Gasteiger partial charge in [-0.15, -0.1) is 0 Å². The van der Waals surface area contributed by atoms with Crippen LogP contribution in [-0.2, 0) is 14.3 Å². The number of anilines is 1. The summed E-state index contributed by atoms with van der Waals surface area (Å²) >= 11 is 0. The molecule has 0 radical (unpaired) electrons. The molecule has 0 aliphatic carbocycles. The number of benzene rings is 1. The Morgan fingerprint density at radius 1 is 0.841 bits per heavy atom. The molecule has 0 unspecified atom stereocenters. The number of aromatic hydroxyl groups is 1. The number of nitrogens with one attached hydrogen (secondary N) is 2. The maximum atomic E-state index is 12.5. The number of hydrogen-bond donors (Lipinski definition) is 4. The van der Waals surface area contributed by atoms with Crippen LogP contribution in [0.15, 0.2) is 79.0 Å². The lowest BCUT2D eigenvalue weighted by Gasteiger charge is -2.17. The molecule has 0 saturated heterocycles. The molecule has 0 aliphatic rings. The van der Waals surface area contributed by atoms with Crippen molar-refractivity contribution in [3.63, 3.8) is 0 Å². The molecule has 0 aromatic heterocycles. The highest BCUT2D eigenvalue weighted by Gasteiger charge is 2.18. The van der Waals surface area contributed by atoms with E-state index in [0.29, 0.717) is 13.0 Å². The minimum absolute atomic E-state index is 0.0759. The van der Waals surface area contributed by atoms with Crippen molar-refractivity contribution in [1.29, 1.82) is 0 Å². The van der Waals surface area contributed by atoms with Gasteiger partial charge in [0.2, 0.25) is 5.91 Å². The summed E-state index contributed by atoms with van der Waals surface area (Å²) in [6.07, 6.45) is 29.6. The highest BCUT2D eigenvalue weighted by Crippen LogP contribution is 2.21. The summed E-state index contributed by atoms with van der Waals surface area (Å²) in [6, 6.07) is 3.63. The molecule has 1 atom stereocenters. The Balaban J connectivity index is 2.15. The molecule has 0 spiro atoms. The first kappa shape index (κ1) is 37.9. The van der Waals surface area contributed by atoms with Gasteiger partial charge in [0.15, 0.2) is 0 Å². The topological polar surface area (TPSA) is 134 Å². The fourth-order valence-electron chi connectivity index (χ4n) is 3.88. The van der Waals surface area contributed by atoms with Gasteiger partial charge in [0.25, 0.3) is 0 Å². The smallest absolute Gasteiger partial charge is 0.411 e. The molecular weight excluding hydrogens is 560 g/mol. The van der Waals surface area contributed by atoms with Crippen molar-refractivity contribution in [2.45, 2.75) is 84.2 Å². The van der Waals surface area contributed by atoms with Crippen molar-refractivity contribution in [3.05, 3.63) is 84.5 Å². The number of carboxylic acid groups (broad SMARTS) is 1. The second-order valence-corrected chi connectivity index (χ2v) is 9.94. The van der Waals surface area contributed by atoms with E-state index in [4.69, 9.17) is 14.6 Å². The lowest BCUT2D eigenvalue weighted by Crippen LogP contribution is -2.38. The van der Waals surface area contributed by atoms with Crippen LogP contribution in [0.1, 0.15) is 88.4 Å². The van der Waals surface area contributed by atoms with Crippen LogP contribution in [0, 0.1) is 0 Å². The standard InChI is InChI=1S/C35H50N2O7/c1-3-5-6-7-8-9-10-11-12-13-14-15-16-17-18-19-20-21-26-43-32(22-4-2)33(39)36-25-27-44-35(42)37-29-23-24-31(38)30(28-29)34(40)41/h5-6,8-9,11-12,14-15,17-18,23-24,28,32,38H,3-4,7,10,13,16,19-22,25-27H2,1-2H3,(H,36,39)(H,37,42)(H,40,41)/b6-5-,9-8-,12-11-,15-14-,18-17-/t32-/m0/s1. The maximum Gasteiger partial charge on any atom is 0.411 e. The van der Waals surface area contributed by atoms with Crippen molar-refractivity contribution in [1.82, 2.24) is 5.32 Å². The van der Waals surface area contributed by atoms with E-state index in [1.807, 2.05) is 6.92 Å². The van der Waals surface area contributed by atoms with E-state index in [1.54, 1.807) is 0 Å². The highest BCUT2D eigenvalue weighted by atomic mass is 16.5. The molecule has 0 heterocycles. The van der Waals surface area contributed by atoms with Gasteiger partial charge < -0.3 is 25.0 Å². The van der Waals surface area contributed by atoms with E-state index in [-0.39, 0.29) is 30.3 Å². The van der Waals surface area contributed by atoms with Crippen molar-refractivity contribution >= 4 is 23.7 Å². The molecule has 0 saturated carbocycles. The molecule has 242 valence electrons. The average molecular weight is 611 g/mol. The molecule has 1 rings (SSSR count). The first-order valence-electron chi connectivity index (χ1n) is 15.5. The fraction of sp³-hybridized carbons (Fsp3) is 0.457. The molecule has 0 bridgehead atoms. The summed E-state index contributed by atoms with van der Waals surface area (Å²) in [5.41, 5.74) is -0.182. The number of phenols is 1. The van der Waals surface area contributed by atoms with Crippen molar-refractivity contribution in [2.24, 2.45) is 0 Å². The second-order valence-electron chi connectivity index (χ2n) is 9.94. The fourth-order valence-corrected chi connectivity index (χ4v) is 3.88. The summed E-state index contributed by atoms with van der Waals surface area (Å²) in [4.78, 5) is 35.6. The van der Waals surface area contributed by atoms with Gasteiger partial charge in [-0.1, -0.05) is 81.0 Å². The van der Waals surface area contributed by atoms with E-state index in [0.717, 1.165) is 69.9 Å². The Bertz CT molecular complexity index is 1120. The molecular formula is C35H50N2O7. The molecule has 1 aromatic carbocycles. The zero-order chi connectivity index (χ0) is 32.3. The Kier molecular flexibility index (Phi) is 21.9. The first-order chi connectivity index (χ1) is 21.4. The number of carbonyl (C=O) groups excluding carboxylic acids is 2. The van der Waals surface area contributed by atoms with E-state index in [2.05, 4.69) is 78.3 Å². The third-order valence-electron chi connectivity index (χ3n) is 6.19. The molecule has 9 heteroatoms. The molecule has 4 N–H and O–H groups in total. The van der Waals surface area contributed by atoms with Gasteiger partial charge in [-0.2, -0.15) is 0 Å². The zero-order valence-corrected chi connectivity index (χ0v) is 26.2. The number of allylic oxidation sites excluding steroid dienone is 10. The quantitative estimate of drug-likeness (QED) is 0.0563. The highest BCUT2D eigenvalue weighted by molar-refractivity contribution is 5.94. The number of amides is 2. The largest absolute Gasteiger partial charge is 0.507 e. The number of ether oxygens (including phenoxy) is 2. The van der Waals surface area contributed by atoms with Crippen molar-refractivity contribution < 1.29 is 34.1 Å². The van der Waals surface area contributed by atoms with Crippen LogP contribution in [0.3, 0.4) is 0 Å². The molecule has 0 fully saturated rings. The zero-order valence-electron chi connectivity index (χ0n) is 26.2. The van der Waals surface area contributed by atoms with E-state index < -0.39 is 23.9 Å². The monoisotopic (exact) mass is 610 g/mol. The summed E-state index contributed by atoms with van der Waals surface area (Å²) < 4.78 is 10.9. The molecule has 9 nitrogen and oxygen atoms in total. The van der Waals surface area contributed by atoms with Crippen LogP contribution in [-0.4, -0.2) is 54.0 Å². The van der Waals surface area contributed by atoms with Gasteiger partial charge in [0.05, 0.1) is 6.54 Å². The van der Waals surface area contributed by atoms with Crippen molar-refractivity contribution in [3.8, 4) is 5.75 Å². The number of aromatic carboxylic acids is 1. The first-order valence-corrected chi connectivity index (χ1v) is 15.5. The summed E-state index contributed by atoms with van der Waals surface area (Å²) in [5.74, 6) is -1.98. The lowest BCUT2D eigenvalue weighted by molar-refractivity contribution is -0.133. The predicted molar refractivity (Wildman–Crippen MR) is 176 cm³/mol. The van der Waals surface area contributed by atoms with Gasteiger partial charge >= 0.3 is 12.1 Å². The summed E-state index contributed by atoms with van der Waals surface area (Å²) in [7, 11) is 0. The van der Waals surface area contributed by atoms with Crippen LogP contribution >= 0.6 is 0 Å². The van der Waals surface area contributed by atoms with E-state index in [9.17, 15) is 19.5 Å². The molecule has 1 aromatic rings. The van der Waals surface area contributed by atoms with E-state index >= 15 is 0 Å². The number of carbonyl (C=O) groups is 3. The molecule has 2 amide bonds. The molecule has 44 heavy (non-hydrogen) atoms. The number of hydrogen-bond acceptors (Lipinski definition) is 6. The Morgan fingerprint density at radius 3 is 2.05 bits per heavy atom. The lowest BCUT2D eigenvalue weighted by atomic mass is 10.2. The van der Waals surface area contributed by atoms with Crippen LogP contribution < -0.4 is 10.6 Å². The van der Waals surface area contributed by atoms with Gasteiger partial charge in [0, 0.05) is 12.3 Å². The van der Waals surface area contributed by atoms with Crippen LogP contribution in [0.25, 0.3) is 0 Å². The Labute approximate surface area is 262 Å². The van der Waals surface area contributed by atoms with Gasteiger partial charge in [-0.25, -0.2) is 9.59 Å². The normalized spacial score (nSPS) is 12.6. The molecule has 0 aliphatic heterocycles. The Morgan fingerprint density at radius 2 is 1.45 bits per heavy atom. The maximum absolute atomic E-state index is 12.5. The summed E-state index contributed by atoms with van der Waals surface area (Å²) in [6.45, 7) is 4.65.